The third-order valence-corrected chi connectivity index (χ3v) is 12.9. The SMILES string of the molecule is CCCCCCC/C=C\C/C=C\CCCCCCCCCCCCCCCCCCCCCC(=O)NC(COC1OC(CO)C(O)C(O)C1O)C(O)/C=C/CC/C=C/CCCCCCC. The van der Waals surface area contributed by atoms with Crippen molar-refractivity contribution in [3.05, 3.63) is 48.6 Å². The van der Waals surface area contributed by atoms with Gasteiger partial charge >= 0.3 is 0 Å². The standard InChI is InChI=1S/C56H103NO8/c1-3-5-7-9-11-13-15-16-17-18-19-20-21-22-23-24-25-26-27-28-29-30-31-32-33-34-36-38-40-42-44-46-52(60)57-49(48-64-56-55(63)54(62)53(61)51(47-58)65-56)50(59)45-43-41-39-37-35-14-12-10-8-6-4-2/h15-16,18-19,35,37,43,45,49-51,53-56,58-59,61-63H,3-14,17,20-34,36,38-42,44,46-48H2,1-2H3,(H,57,60)/b16-15-,19-18-,37-35+,45-43+. The summed E-state index contributed by atoms with van der Waals surface area (Å²) in [6.45, 7) is 3.73. The zero-order chi connectivity index (χ0) is 47.3. The Kier molecular flexibility index (Phi) is 43.2. The van der Waals surface area contributed by atoms with Crippen molar-refractivity contribution in [2.45, 2.75) is 288 Å². The second-order valence-corrected chi connectivity index (χ2v) is 19.0. The second kappa shape index (κ2) is 45.9. The first kappa shape index (κ1) is 61.2. The highest BCUT2D eigenvalue weighted by Gasteiger charge is 2.44. The molecule has 0 aromatic carbocycles. The molecule has 0 aromatic rings. The molecule has 0 radical (unpaired) electrons. The number of carbonyl (C=O) groups is 1. The monoisotopic (exact) mass is 918 g/mol. The van der Waals surface area contributed by atoms with E-state index in [9.17, 15) is 30.3 Å². The molecule has 1 aliphatic heterocycles. The first-order valence-electron chi connectivity index (χ1n) is 27.4. The van der Waals surface area contributed by atoms with Crippen molar-refractivity contribution in [3.8, 4) is 0 Å². The van der Waals surface area contributed by atoms with Gasteiger partial charge in [-0.3, -0.25) is 4.79 Å². The minimum Gasteiger partial charge on any atom is -0.394 e. The van der Waals surface area contributed by atoms with Crippen LogP contribution in [0.2, 0.25) is 0 Å². The van der Waals surface area contributed by atoms with Crippen molar-refractivity contribution in [1.29, 1.82) is 0 Å². The Balaban J connectivity index is 2.13. The fourth-order valence-corrected chi connectivity index (χ4v) is 8.50. The lowest BCUT2D eigenvalue weighted by atomic mass is 9.99. The number of rotatable bonds is 46. The maximum absolute atomic E-state index is 13.0. The molecular weight excluding hydrogens is 815 g/mol. The number of nitrogens with one attached hydrogen (secondary N) is 1. The molecule has 1 heterocycles. The van der Waals surface area contributed by atoms with Crippen molar-refractivity contribution in [2.75, 3.05) is 13.2 Å². The molecule has 65 heavy (non-hydrogen) atoms. The molecule has 1 amide bonds. The number of hydrogen-bond acceptors (Lipinski definition) is 8. The largest absolute Gasteiger partial charge is 0.394 e. The summed E-state index contributed by atoms with van der Waals surface area (Å²) in [7, 11) is 0. The van der Waals surface area contributed by atoms with E-state index in [1.54, 1.807) is 6.08 Å². The van der Waals surface area contributed by atoms with Gasteiger partial charge in [-0.15, -0.1) is 0 Å². The molecule has 9 heteroatoms. The quantitative estimate of drug-likeness (QED) is 0.0261. The molecule has 0 aromatic heterocycles. The Morgan fingerprint density at radius 2 is 0.923 bits per heavy atom. The van der Waals surface area contributed by atoms with Crippen LogP contribution in [0, 0.1) is 0 Å². The van der Waals surface area contributed by atoms with E-state index >= 15 is 0 Å². The molecule has 6 N–H and O–H groups in total. The Labute approximate surface area is 399 Å². The minimum absolute atomic E-state index is 0.186. The van der Waals surface area contributed by atoms with Crippen molar-refractivity contribution in [1.82, 2.24) is 5.32 Å². The van der Waals surface area contributed by atoms with Crippen LogP contribution in [-0.4, -0.2) is 87.5 Å². The summed E-state index contributed by atoms with van der Waals surface area (Å²) in [5.74, 6) is -0.186. The maximum Gasteiger partial charge on any atom is 0.220 e. The lowest BCUT2D eigenvalue weighted by molar-refractivity contribution is -0.302. The third kappa shape index (κ3) is 35.9. The van der Waals surface area contributed by atoms with Crippen LogP contribution in [0.5, 0.6) is 0 Å². The number of unbranched alkanes of at least 4 members (excludes halogenated alkanes) is 30. The van der Waals surface area contributed by atoms with Gasteiger partial charge in [-0.25, -0.2) is 0 Å². The highest BCUT2D eigenvalue weighted by molar-refractivity contribution is 5.76. The molecule has 9 nitrogen and oxygen atoms in total. The average Bonchev–Trinajstić information content (AvgIpc) is 3.31. The topological polar surface area (TPSA) is 149 Å². The molecule has 1 fully saturated rings. The third-order valence-electron chi connectivity index (χ3n) is 12.9. The van der Waals surface area contributed by atoms with Crippen LogP contribution in [0.1, 0.15) is 245 Å². The van der Waals surface area contributed by atoms with E-state index < -0.39 is 49.5 Å². The summed E-state index contributed by atoms with van der Waals surface area (Å²) in [6, 6.07) is -0.819. The summed E-state index contributed by atoms with van der Waals surface area (Å²) >= 11 is 0. The van der Waals surface area contributed by atoms with Gasteiger partial charge in [-0.2, -0.15) is 0 Å². The highest BCUT2D eigenvalue weighted by atomic mass is 16.7. The molecule has 0 aliphatic carbocycles. The van der Waals surface area contributed by atoms with Crippen molar-refractivity contribution < 1.29 is 39.8 Å². The van der Waals surface area contributed by atoms with E-state index in [1.807, 2.05) is 6.08 Å². The van der Waals surface area contributed by atoms with Gasteiger partial charge in [0.15, 0.2) is 6.29 Å². The summed E-state index contributed by atoms with van der Waals surface area (Å²) < 4.78 is 11.2. The molecule has 7 unspecified atom stereocenters. The molecule has 1 rings (SSSR count). The summed E-state index contributed by atoms with van der Waals surface area (Å²) in [5.41, 5.74) is 0. The van der Waals surface area contributed by atoms with E-state index in [4.69, 9.17) is 9.47 Å². The zero-order valence-corrected chi connectivity index (χ0v) is 42.0. The first-order chi connectivity index (χ1) is 31.8. The number of aliphatic hydroxyl groups is 5. The fourth-order valence-electron chi connectivity index (χ4n) is 8.50. The second-order valence-electron chi connectivity index (χ2n) is 19.0. The molecular formula is C56H103NO8. The van der Waals surface area contributed by atoms with Crippen LogP contribution in [-0.2, 0) is 14.3 Å². The Morgan fingerprint density at radius 3 is 1.38 bits per heavy atom. The van der Waals surface area contributed by atoms with E-state index in [-0.39, 0.29) is 12.5 Å². The van der Waals surface area contributed by atoms with E-state index in [0.29, 0.717) is 6.42 Å². The van der Waals surface area contributed by atoms with Gasteiger partial charge in [0.1, 0.15) is 24.4 Å². The first-order valence-corrected chi connectivity index (χ1v) is 27.4. The van der Waals surface area contributed by atoms with Crippen molar-refractivity contribution in [2.24, 2.45) is 0 Å². The van der Waals surface area contributed by atoms with Gasteiger partial charge < -0.3 is 40.3 Å². The highest BCUT2D eigenvalue weighted by Crippen LogP contribution is 2.23. The van der Waals surface area contributed by atoms with Crippen molar-refractivity contribution >= 4 is 5.91 Å². The number of allylic oxidation sites excluding steroid dienone is 7. The molecule has 380 valence electrons. The van der Waals surface area contributed by atoms with Gasteiger partial charge in [0, 0.05) is 6.42 Å². The van der Waals surface area contributed by atoms with Crippen LogP contribution in [0.3, 0.4) is 0 Å². The van der Waals surface area contributed by atoms with Gasteiger partial charge in [0.25, 0.3) is 0 Å². The molecule has 0 bridgehead atoms. The Hall–Kier alpha value is -1.85. The van der Waals surface area contributed by atoms with Crippen molar-refractivity contribution in [3.63, 3.8) is 0 Å². The molecule has 1 aliphatic rings. The number of hydrogen-bond donors (Lipinski definition) is 6. The minimum atomic E-state index is -1.57. The Morgan fingerprint density at radius 1 is 0.523 bits per heavy atom. The number of ether oxygens (including phenoxy) is 2. The summed E-state index contributed by atoms with van der Waals surface area (Å²) in [6.07, 6.45) is 53.4. The number of carbonyl (C=O) groups excluding carboxylic acids is 1. The van der Waals surface area contributed by atoms with E-state index in [1.165, 1.54) is 180 Å². The van der Waals surface area contributed by atoms with Gasteiger partial charge in [-0.05, 0) is 64.2 Å². The van der Waals surface area contributed by atoms with Crippen LogP contribution >= 0.6 is 0 Å². The van der Waals surface area contributed by atoms with Crippen LogP contribution < -0.4 is 5.32 Å². The van der Waals surface area contributed by atoms with Gasteiger partial charge in [0.2, 0.25) is 5.91 Å². The fraction of sp³-hybridized carbons (Fsp3) is 0.839. The van der Waals surface area contributed by atoms with E-state index in [0.717, 1.165) is 44.9 Å². The lowest BCUT2D eigenvalue weighted by Crippen LogP contribution is -2.60. The van der Waals surface area contributed by atoms with Crippen LogP contribution in [0.15, 0.2) is 48.6 Å². The van der Waals surface area contributed by atoms with Crippen LogP contribution in [0.25, 0.3) is 0 Å². The smallest absolute Gasteiger partial charge is 0.220 e. The van der Waals surface area contributed by atoms with E-state index in [2.05, 4.69) is 55.6 Å². The Bertz CT molecular complexity index is 1160. The average molecular weight is 918 g/mol. The summed E-state index contributed by atoms with van der Waals surface area (Å²) in [5, 5.41) is 54.2. The van der Waals surface area contributed by atoms with Gasteiger partial charge in [0.05, 0.1) is 25.4 Å². The maximum atomic E-state index is 13.0. The molecule has 1 saturated heterocycles. The normalized spacial score (nSPS) is 20.3. The summed E-state index contributed by atoms with van der Waals surface area (Å²) in [4.78, 5) is 13.0. The number of amides is 1. The lowest BCUT2D eigenvalue weighted by Gasteiger charge is -2.40. The molecule has 0 saturated carbocycles. The van der Waals surface area contributed by atoms with Gasteiger partial charge in [-0.1, -0.05) is 223 Å². The van der Waals surface area contributed by atoms with Crippen LogP contribution in [0.4, 0.5) is 0 Å². The number of aliphatic hydroxyl groups excluding tert-OH is 5. The zero-order valence-electron chi connectivity index (χ0n) is 42.0. The predicted octanol–water partition coefficient (Wildman–Crippen LogP) is 13.0. The molecule has 7 atom stereocenters. The predicted molar refractivity (Wildman–Crippen MR) is 272 cm³/mol. The molecule has 0 spiro atoms.